The Labute approximate surface area is 124 Å². The summed E-state index contributed by atoms with van der Waals surface area (Å²) in [6, 6.07) is 7.94. The lowest BCUT2D eigenvalue weighted by atomic mass is 10.1. The van der Waals surface area contributed by atoms with Crippen molar-refractivity contribution in [3.63, 3.8) is 0 Å². The highest BCUT2D eigenvalue weighted by Gasteiger charge is 2.07. The van der Waals surface area contributed by atoms with Crippen LogP contribution in [0.5, 0.6) is 0 Å². The number of nitrogen functional groups attached to an aromatic ring is 1. The average Bonchev–Trinajstić information content (AvgIpc) is 2.42. The molecule has 104 valence electrons. The molecule has 1 heterocycles. The molecule has 20 heavy (non-hydrogen) atoms. The van der Waals surface area contributed by atoms with Crippen LogP contribution in [0.1, 0.15) is 12.0 Å². The highest BCUT2D eigenvalue weighted by Crippen LogP contribution is 2.17. The third-order valence-corrected chi connectivity index (χ3v) is 3.19. The van der Waals surface area contributed by atoms with Crippen molar-refractivity contribution in [3.05, 3.63) is 52.4 Å². The van der Waals surface area contributed by atoms with Gasteiger partial charge in [0.25, 0.3) is 0 Å². The van der Waals surface area contributed by atoms with Gasteiger partial charge in [-0.2, -0.15) is 0 Å². The molecule has 4 nitrogen and oxygen atoms in total. The minimum Gasteiger partial charge on any atom is -0.384 e. The highest BCUT2D eigenvalue weighted by atomic mass is 79.9. The third kappa shape index (κ3) is 4.03. The number of anilines is 2. The number of aryl methyl sites for hydroxylation is 1. The maximum Gasteiger partial charge on any atom is 0.224 e. The lowest BCUT2D eigenvalue weighted by molar-refractivity contribution is -0.116. The van der Waals surface area contributed by atoms with Crippen LogP contribution in [0.4, 0.5) is 15.9 Å². The van der Waals surface area contributed by atoms with Gasteiger partial charge in [-0.1, -0.05) is 15.9 Å². The number of carbonyl (C=O) groups excluding carboxylic acids is 1. The molecule has 1 aromatic carbocycles. The van der Waals surface area contributed by atoms with E-state index in [4.69, 9.17) is 5.73 Å². The summed E-state index contributed by atoms with van der Waals surface area (Å²) in [7, 11) is 0. The smallest absolute Gasteiger partial charge is 0.224 e. The van der Waals surface area contributed by atoms with E-state index in [1.165, 1.54) is 12.3 Å². The number of aromatic nitrogens is 1. The van der Waals surface area contributed by atoms with Gasteiger partial charge in [0.05, 0.1) is 11.9 Å². The second-order valence-electron chi connectivity index (χ2n) is 4.26. The number of hydrogen-bond acceptors (Lipinski definition) is 3. The van der Waals surface area contributed by atoms with Crippen LogP contribution < -0.4 is 11.1 Å². The van der Waals surface area contributed by atoms with Gasteiger partial charge >= 0.3 is 0 Å². The zero-order valence-electron chi connectivity index (χ0n) is 10.6. The first-order valence-corrected chi connectivity index (χ1v) is 6.79. The number of hydrogen-bond donors (Lipinski definition) is 2. The van der Waals surface area contributed by atoms with Gasteiger partial charge < -0.3 is 11.1 Å². The van der Waals surface area contributed by atoms with Crippen LogP contribution in [-0.2, 0) is 11.2 Å². The van der Waals surface area contributed by atoms with E-state index in [2.05, 4.69) is 26.2 Å². The molecule has 2 aromatic rings. The van der Waals surface area contributed by atoms with Crippen molar-refractivity contribution in [1.29, 1.82) is 0 Å². The molecule has 0 spiro atoms. The molecule has 0 unspecified atom stereocenters. The van der Waals surface area contributed by atoms with Gasteiger partial charge in [-0.05, 0) is 42.3 Å². The number of carbonyl (C=O) groups is 1. The largest absolute Gasteiger partial charge is 0.384 e. The Morgan fingerprint density at radius 2 is 2.15 bits per heavy atom. The van der Waals surface area contributed by atoms with Crippen LogP contribution in [0, 0.1) is 5.82 Å². The Balaban J connectivity index is 1.92. The molecule has 0 atom stereocenters. The number of rotatable bonds is 4. The highest BCUT2D eigenvalue weighted by molar-refractivity contribution is 9.10. The van der Waals surface area contributed by atoms with Gasteiger partial charge in [0.15, 0.2) is 0 Å². The molecule has 0 aliphatic heterocycles. The van der Waals surface area contributed by atoms with E-state index >= 15 is 0 Å². The van der Waals surface area contributed by atoms with Crippen molar-refractivity contribution in [3.8, 4) is 0 Å². The van der Waals surface area contributed by atoms with E-state index in [1.807, 2.05) is 0 Å². The Morgan fingerprint density at radius 3 is 2.85 bits per heavy atom. The van der Waals surface area contributed by atoms with Crippen molar-refractivity contribution in [2.45, 2.75) is 12.8 Å². The second-order valence-corrected chi connectivity index (χ2v) is 5.17. The number of nitrogens with one attached hydrogen (secondary N) is 1. The monoisotopic (exact) mass is 337 g/mol. The molecular weight excluding hydrogens is 325 g/mol. The fourth-order valence-electron chi connectivity index (χ4n) is 1.69. The molecular formula is C14H13BrFN3O. The fourth-order valence-corrected chi connectivity index (χ4v) is 2.09. The first-order valence-electron chi connectivity index (χ1n) is 6.00. The normalized spacial score (nSPS) is 10.3. The van der Waals surface area contributed by atoms with Gasteiger partial charge in [-0.15, -0.1) is 0 Å². The predicted molar refractivity (Wildman–Crippen MR) is 79.7 cm³/mol. The van der Waals surface area contributed by atoms with Crippen LogP contribution >= 0.6 is 15.9 Å². The van der Waals surface area contributed by atoms with Gasteiger partial charge in [0.2, 0.25) is 5.91 Å². The third-order valence-electron chi connectivity index (χ3n) is 2.70. The van der Waals surface area contributed by atoms with Gasteiger partial charge in [-0.25, -0.2) is 9.37 Å². The van der Waals surface area contributed by atoms with Gasteiger partial charge in [0, 0.05) is 10.9 Å². The number of amides is 1. The average molecular weight is 338 g/mol. The van der Waals surface area contributed by atoms with E-state index in [1.54, 1.807) is 24.3 Å². The van der Waals surface area contributed by atoms with Crippen molar-refractivity contribution in [2.24, 2.45) is 0 Å². The summed E-state index contributed by atoms with van der Waals surface area (Å²) in [6.45, 7) is 0. The minimum atomic E-state index is -0.310. The number of nitrogens with zero attached hydrogens (tertiary/aromatic N) is 1. The molecule has 3 N–H and O–H groups in total. The standard InChI is InChI=1S/C14H13BrFN3O/c15-10-2-4-12(16)9(7-10)1-6-14(20)19-11-3-5-13(17)18-8-11/h2-5,7-8H,1,6H2,(H2,17,18)(H,19,20). The summed E-state index contributed by atoms with van der Waals surface area (Å²) in [5.74, 6) is -0.120. The van der Waals surface area contributed by atoms with Gasteiger partial charge in [0.1, 0.15) is 11.6 Å². The quantitative estimate of drug-likeness (QED) is 0.900. The number of halogens is 2. The molecule has 0 saturated heterocycles. The maximum absolute atomic E-state index is 13.5. The summed E-state index contributed by atoms with van der Waals surface area (Å²) in [5, 5.41) is 2.68. The van der Waals surface area contributed by atoms with Crippen molar-refractivity contribution >= 4 is 33.3 Å². The SMILES string of the molecule is Nc1ccc(NC(=O)CCc2cc(Br)ccc2F)cn1. The summed E-state index contributed by atoms with van der Waals surface area (Å²) < 4.78 is 14.3. The fraction of sp³-hybridized carbons (Fsp3) is 0.143. The summed E-state index contributed by atoms with van der Waals surface area (Å²) in [5.41, 5.74) is 6.53. The van der Waals surface area contributed by atoms with E-state index in [9.17, 15) is 9.18 Å². The Bertz CT molecular complexity index is 616. The Kier molecular flexibility index (Phi) is 4.68. The molecule has 0 saturated carbocycles. The molecule has 0 aliphatic carbocycles. The predicted octanol–water partition coefficient (Wildman–Crippen LogP) is 3.14. The zero-order valence-corrected chi connectivity index (χ0v) is 12.2. The summed E-state index contributed by atoms with van der Waals surface area (Å²) >= 11 is 3.28. The van der Waals surface area contributed by atoms with Crippen molar-refractivity contribution in [1.82, 2.24) is 4.98 Å². The lowest BCUT2D eigenvalue weighted by Gasteiger charge is -2.06. The molecule has 1 amide bonds. The van der Waals surface area contributed by atoms with Crippen molar-refractivity contribution < 1.29 is 9.18 Å². The second kappa shape index (κ2) is 6.47. The van der Waals surface area contributed by atoms with E-state index in [0.29, 0.717) is 23.5 Å². The Morgan fingerprint density at radius 1 is 1.35 bits per heavy atom. The van der Waals surface area contributed by atoms with E-state index < -0.39 is 0 Å². The molecule has 0 bridgehead atoms. The molecule has 2 rings (SSSR count). The topological polar surface area (TPSA) is 68.0 Å². The van der Waals surface area contributed by atoms with E-state index in [-0.39, 0.29) is 18.1 Å². The minimum absolute atomic E-state index is 0.192. The van der Waals surface area contributed by atoms with Crippen LogP contribution in [0.2, 0.25) is 0 Å². The molecule has 0 aliphatic rings. The first-order chi connectivity index (χ1) is 9.54. The van der Waals surface area contributed by atoms with Crippen LogP contribution in [0.15, 0.2) is 41.0 Å². The molecule has 1 aromatic heterocycles. The lowest BCUT2D eigenvalue weighted by Crippen LogP contribution is -2.13. The Hall–Kier alpha value is -1.95. The maximum atomic E-state index is 13.5. The van der Waals surface area contributed by atoms with Crippen LogP contribution in [0.25, 0.3) is 0 Å². The molecule has 0 fully saturated rings. The first kappa shape index (κ1) is 14.5. The van der Waals surface area contributed by atoms with E-state index in [0.717, 1.165) is 4.47 Å². The zero-order chi connectivity index (χ0) is 14.5. The number of benzene rings is 1. The van der Waals surface area contributed by atoms with Crippen LogP contribution in [-0.4, -0.2) is 10.9 Å². The molecule has 6 heteroatoms. The summed E-state index contributed by atoms with van der Waals surface area (Å²) in [4.78, 5) is 15.6. The number of nitrogens with two attached hydrogens (primary N) is 1. The molecule has 0 radical (unpaired) electrons. The summed E-state index contributed by atoms with van der Waals surface area (Å²) in [6.07, 6.45) is 2.00. The number of pyridine rings is 1. The van der Waals surface area contributed by atoms with Crippen molar-refractivity contribution in [2.75, 3.05) is 11.1 Å². The van der Waals surface area contributed by atoms with Gasteiger partial charge in [-0.3, -0.25) is 4.79 Å². The van der Waals surface area contributed by atoms with Crippen LogP contribution in [0.3, 0.4) is 0 Å².